The number of rotatable bonds is 10. The maximum atomic E-state index is 13.0. The third kappa shape index (κ3) is 7.44. The van der Waals surface area contributed by atoms with Gasteiger partial charge in [-0.25, -0.2) is 4.79 Å². The van der Waals surface area contributed by atoms with Crippen LogP contribution >= 0.6 is 0 Å². The van der Waals surface area contributed by atoms with Crippen molar-refractivity contribution in [3.8, 4) is 22.9 Å². The van der Waals surface area contributed by atoms with Crippen LogP contribution in [0.3, 0.4) is 0 Å². The van der Waals surface area contributed by atoms with Gasteiger partial charge in [0.05, 0.1) is 12.1 Å². The molecule has 9 heteroatoms. The predicted octanol–water partition coefficient (Wildman–Crippen LogP) is 8.08. The highest BCUT2D eigenvalue weighted by Crippen LogP contribution is 2.45. The van der Waals surface area contributed by atoms with Gasteiger partial charge in [-0.1, -0.05) is 73.7 Å². The second kappa shape index (κ2) is 14.5. The van der Waals surface area contributed by atoms with Crippen molar-refractivity contribution in [1.82, 2.24) is 14.9 Å². The average Bonchev–Trinajstić information content (AvgIpc) is 3.13. The molecule has 0 spiro atoms. The Morgan fingerprint density at radius 1 is 0.900 bits per heavy atom. The fourth-order valence-electron chi connectivity index (χ4n) is 6.54. The number of methoxy groups -OCH3 is 1. The van der Waals surface area contributed by atoms with Crippen LogP contribution in [0.5, 0.6) is 11.8 Å². The first-order valence-electron chi connectivity index (χ1n) is 17.0. The van der Waals surface area contributed by atoms with Crippen LogP contribution in [0.1, 0.15) is 57.2 Å². The number of carbonyl (C=O) groups is 1. The lowest BCUT2D eigenvalue weighted by molar-refractivity contribution is -0.209. The minimum atomic E-state index is -1.37. The number of carbonyl (C=O) groups excluding carboxylic acids is 1. The van der Waals surface area contributed by atoms with E-state index in [9.17, 15) is 9.90 Å². The summed E-state index contributed by atoms with van der Waals surface area (Å²) in [5.74, 6) is 0.876. The highest BCUT2D eigenvalue weighted by Gasteiger charge is 2.55. The van der Waals surface area contributed by atoms with E-state index in [-0.39, 0.29) is 13.0 Å². The number of hydrogen-bond acceptors (Lipinski definition) is 8. The normalized spacial score (nSPS) is 19.3. The van der Waals surface area contributed by atoms with Crippen molar-refractivity contribution >= 4 is 17.0 Å². The van der Waals surface area contributed by atoms with Gasteiger partial charge in [-0.15, -0.1) is 0 Å². The minimum Gasteiger partial charge on any atom is -0.473 e. The minimum absolute atomic E-state index is 0.189. The molecule has 1 N–H and O–H groups in total. The van der Waals surface area contributed by atoms with Gasteiger partial charge < -0.3 is 29.0 Å². The lowest BCUT2D eigenvalue weighted by atomic mass is 9.70. The van der Waals surface area contributed by atoms with Crippen LogP contribution in [0.25, 0.3) is 22.0 Å². The van der Waals surface area contributed by atoms with Crippen LogP contribution in [0.4, 0.5) is 4.79 Å². The third-order valence-electron chi connectivity index (χ3n) is 9.31. The molecule has 260 valence electrons. The Morgan fingerprint density at radius 2 is 1.58 bits per heavy atom. The molecule has 3 aromatic carbocycles. The van der Waals surface area contributed by atoms with E-state index in [1.165, 1.54) is 0 Å². The molecule has 1 aliphatic rings. The van der Waals surface area contributed by atoms with Gasteiger partial charge in [-0.3, -0.25) is 4.98 Å². The smallest absolute Gasteiger partial charge is 0.410 e. The number of aliphatic hydroxyl groups is 1. The standard InChI is InChI=1S/C41H45N3O6/c1-6-40(47-5)28-44(38(45)50-39(2,3)4)22-21-41(40,46)33-17-19-35-31(24-33)23-32(25-42-35)34-18-20-36(48-26-29-13-9-7-10-14-29)43-37(34)49-27-30-15-11-8-12-16-30/h7-20,23-25,46H,6,21-22,26-28H2,1-5H3. The number of nitrogens with zero attached hydrogens (tertiary/aromatic N) is 3. The molecule has 50 heavy (non-hydrogen) atoms. The van der Waals surface area contributed by atoms with E-state index >= 15 is 0 Å². The molecule has 1 amide bonds. The first kappa shape index (κ1) is 34.9. The fourth-order valence-corrected chi connectivity index (χ4v) is 6.54. The van der Waals surface area contributed by atoms with Gasteiger partial charge in [0.15, 0.2) is 0 Å². The number of ether oxygens (including phenoxy) is 4. The Labute approximate surface area is 293 Å². The summed E-state index contributed by atoms with van der Waals surface area (Å²) in [5, 5.41) is 13.3. The van der Waals surface area contributed by atoms with Gasteiger partial charge in [0.1, 0.15) is 30.0 Å². The number of hydrogen-bond donors (Lipinski definition) is 1. The van der Waals surface area contributed by atoms with Gasteiger partial charge in [0, 0.05) is 48.9 Å². The molecular weight excluding hydrogens is 630 g/mol. The molecule has 1 saturated heterocycles. The molecule has 9 nitrogen and oxygen atoms in total. The van der Waals surface area contributed by atoms with Crippen LogP contribution in [-0.2, 0) is 28.3 Å². The van der Waals surface area contributed by atoms with Crippen molar-refractivity contribution < 1.29 is 28.8 Å². The van der Waals surface area contributed by atoms with Crippen LogP contribution < -0.4 is 9.47 Å². The van der Waals surface area contributed by atoms with E-state index < -0.39 is 22.9 Å². The van der Waals surface area contributed by atoms with Crippen molar-refractivity contribution in [3.63, 3.8) is 0 Å². The number of likely N-dealkylation sites (tertiary alicyclic amines) is 1. The number of pyridine rings is 2. The molecule has 0 saturated carbocycles. The lowest BCUT2D eigenvalue weighted by Crippen LogP contribution is -2.64. The van der Waals surface area contributed by atoms with E-state index in [4.69, 9.17) is 28.9 Å². The molecule has 0 aliphatic carbocycles. The van der Waals surface area contributed by atoms with Crippen LogP contribution in [0.15, 0.2) is 103 Å². The summed E-state index contributed by atoms with van der Waals surface area (Å²) < 4.78 is 24.1. The van der Waals surface area contributed by atoms with Crippen molar-refractivity contribution in [1.29, 1.82) is 0 Å². The van der Waals surface area contributed by atoms with Crippen molar-refractivity contribution in [2.24, 2.45) is 0 Å². The monoisotopic (exact) mass is 675 g/mol. The topological polar surface area (TPSA) is 103 Å². The molecule has 1 fully saturated rings. The molecular formula is C41H45N3O6. The average molecular weight is 676 g/mol. The number of piperidine rings is 1. The Balaban J connectivity index is 1.32. The third-order valence-corrected chi connectivity index (χ3v) is 9.31. The summed E-state index contributed by atoms with van der Waals surface area (Å²) in [7, 11) is 1.59. The second-order valence-electron chi connectivity index (χ2n) is 13.7. The Kier molecular flexibility index (Phi) is 10.1. The van der Waals surface area contributed by atoms with Gasteiger partial charge in [-0.2, -0.15) is 4.98 Å². The molecule has 0 radical (unpaired) electrons. The predicted molar refractivity (Wildman–Crippen MR) is 193 cm³/mol. The van der Waals surface area contributed by atoms with Crippen molar-refractivity contribution in [2.75, 3.05) is 20.2 Å². The molecule has 0 bridgehead atoms. The summed E-state index contributed by atoms with van der Waals surface area (Å²) in [6.45, 7) is 8.71. The van der Waals surface area contributed by atoms with Crippen LogP contribution in [0, 0.1) is 0 Å². The Bertz CT molecular complexity index is 1920. The summed E-state index contributed by atoms with van der Waals surface area (Å²) >= 11 is 0. The second-order valence-corrected chi connectivity index (χ2v) is 13.7. The van der Waals surface area contributed by atoms with E-state index in [0.717, 1.165) is 33.2 Å². The zero-order valence-electron chi connectivity index (χ0n) is 29.4. The van der Waals surface area contributed by atoms with Crippen LogP contribution in [0.2, 0.25) is 0 Å². The largest absolute Gasteiger partial charge is 0.473 e. The number of benzene rings is 3. The highest BCUT2D eigenvalue weighted by molar-refractivity contribution is 5.85. The van der Waals surface area contributed by atoms with Gasteiger partial charge in [0.2, 0.25) is 11.8 Å². The molecule has 3 heterocycles. The zero-order valence-corrected chi connectivity index (χ0v) is 29.4. The first-order valence-corrected chi connectivity index (χ1v) is 17.0. The molecule has 2 unspecified atom stereocenters. The van der Waals surface area contributed by atoms with Gasteiger partial charge >= 0.3 is 6.09 Å². The summed E-state index contributed by atoms with van der Waals surface area (Å²) in [5.41, 5.74) is 2.03. The molecule has 2 aromatic heterocycles. The summed E-state index contributed by atoms with van der Waals surface area (Å²) in [6.07, 6.45) is 2.14. The Hall–Kier alpha value is -4.99. The summed E-state index contributed by atoms with van der Waals surface area (Å²) in [6, 6.07) is 31.5. The molecule has 5 aromatic rings. The number of aromatic nitrogens is 2. The maximum absolute atomic E-state index is 13.0. The fraction of sp³-hybridized carbons (Fsp3) is 0.341. The summed E-state index contributed by atoms with van der Waals surface area (Å²) in [4.78, 5) is 24.2. The van der Waals surface area contributed by atoms with Crippen molar-refractivity contribution in [2.45, 2.75) is 70.6 Å². The lowest BCUT2D eigenvalue weighted by Gasteiger charge is -2.52. The van der Waals surface area contributed by atoms with E-state index in [1.54, 1.807) is 18.2 Å². The van der Waals surface area contributed by atoms with E-state index in [2.05, 4.69) is 0 Å². The quantitative estimate of drug-likeness (QED) is 0.159. The van der Waals surface area contributed by atoms with Gasteiger partial charge in [0.25, 0.3) is 0 Å². The first-order chi connectivity index (χ1) is 24.0. The number of fused-ring (bicyclic) bond motifs is 1. The van der Waals surface area contributed by atoms with Crippen LogP contribution in [-0.4, -0.2) is 57.5 Å². The Morgan fingerprint density at radius 3 is 2.22 bits per heavy atom. The molecule has 2 atom stereocenters. The van der Waals surface area contributed by atoms with Crippen molar-refractivity contribution in [3.05, 3.63) is 120 Å². The molecule has 6 rings (SSSR count). The zero-order chi connectivity index (χ0) is 35.4. The van der Waals surface area contributed by atoms with Gasteiger partial charge in [-0.05, 0) is 68.1 Å². The molecule has 1 aliphatic heterocycles. The maximum Gasteiger partial charge on any atom is 0.410 e. The number of amides is 1. The van der Waals surface area contributed by atoms with E-state index in [0.29, 0.717) is 43.5 Å². The SMILES string of the molecule is CCC1(OC)CN(C(=O)OC(C)(C)C)CCC1(O)c1ccc2ncc(-c3ccc(OCc4ccccc4)nc3OCc3ccccc3)cc2c1. The highest BCUT2D eigenvalue weighted by atomic mass is 16.6. The van der Waals surface area contributed by atoms with E-state index in [1.807, 2.05) is 125 Å².